The van der Waals surface area contributed by atoms with Gasteiger partial charge in [0.1, 0.15) is 19.8 Å². The van der Waals surface area contributed by atoms with Crippen molar-refractivity contribution < 1.29 is 42.1 Å². The first-order valence-electron chi connectivity index (χ1n) is 20.7. The smallest absolute Gasteiger partial charge is 0.462 e. The van der Waals surface area contributed by atoms with Crippen LogP contribution in [0.15, 0.2) is 72.9 Å². The van der Waals surface area contributed by atoms with Crippen molar-refractivity contribution in [2.45, 2.75) is 148 Å². The highest BCUT2D eigenvalue weighted by Crippen LogP contribution is 2.43. The van der Waals surface area contributed by atoms with E-state index in [1.54, 1.807) is 0 Å². The van der Waals surface area contributed by atoms with Gasteiger partial charge in [-0.1, -0.05) is 151 Å². The first-order chi connectivity index (χ1) is 26.0. The summed E-state index contributed by atoms with van der Waals surface area (Å²) in [6.45, 7) is 4.16. The highest BCUT2D eigenvalue weighted by Gasteiger charge is 2.27. The molecule has 2 unspecified atom stereocenters. The first kappa shape index (κ1) is 51.5. The van der Waals surface area contributed by atoms with E-state index in [4.69, 9.17) is 18.5 Å². The molecular formula is C44H77NO8P+. The summed E-state index contributed by atoms with van der Waals surface area (Å²) in [6, 6.07) is 0. The summed E-state index contributed by atoms with van der Waals surface area (Å²) in [5, 5.41) is 0. The molecule has 0 aromatic heterocycles. The van der Waals surface area contributed by atoms with E-state index in [0.29, 0.717) is 23.9 Å². The fourth-order valence-corrected chi connectivity index (χ4v) is 5.84. The lowest BCUT2D eigenvalue weighted by atomic mass is 10.1. The van der Waals surface area contributed by atoms with Crippen molar-refractivity contribution in [3.8, 4) is 0 Å². The largest absolute Gasteiger partial charge is 0.472 e. The molecule has 9 nitrogen and oxygen atoms in total. The van der Waals surface area contributed by atoms with Gasteiger partial charge in [0.2, 0.25) is 0 Å². The molecule has 0 aliphatic carbocycles. The molecule has 0 aromatic rings. The van der Waals surface area contributed by atoms with Crippen molar-refractivity contribution in [3.63, 3.8) is 0 Å². The van der Waals surface area contributed by atoms with Gasteiger partial charge in [0.25, 0.3) is 0 Å². The topological polar surface area (TPSA) is 108 Å². The van der Waals surface area contributed by atoms with Crippen molar-refractivity contribution in [1.82, 2.24) is 0 Å². The Kier molecular flexibility index (Phi) is 34.4. The van der Waals surface area contributed by atoms with Crippen LogP contribution in [0.1, 0.15) is 142 Å². The van der Waals surface area contributed by atoms with Gasteiger partial charge < -0.3 is 18.9 Å². The molecule has 0 saturated heterocycles. The number of quaternary nitrogens is 1. The zero-order valence-corrected chi connectivity index (χ0v) is 35.6. The molecule has 0 bridgehead atoms. The maximum absolute atomic E-state index is 12.6. The van der Waals surface area contributed by atoms with E-state index in [-0.39, 0.29) is 26.1 Å². The van der Waals surface area contributed by atoms with Gasteiger partial charge in [0.15, 0.2) is 6.10 Å². The molecule has 2 atom stereocenters. The Labute approximate surface area is 329 Å². The van der Waals surface area contributed by atoms with Crippen LogP contribution in [0.2, 0.25) is 0 Å². The highest BCUT2D eigenvalue weighted by atomic mass is 31.2. The van der Waals surface area contributed by atoms with Crippen molar-refractivity contribution in [3.05, 3.63) is 72.9 Å². The minimum absolute atomic E-state index is 0.0140. The van der Waals surface area contributed by atoms with E-state index < -0.39 is 32.5 Å². The number of hydrogen-bond donors (Lipinski definition) is 1. The molecule has 0 amide bonds. The normalized spacial score (nSPS) is 14.4. The van der Waals surface area contributed by atoms with Gasteiger partial charge in [-0.2, -0.15) is 0 Å². The number of likely N-dealkylation sites (N-methyl/N-ethyl adjacent to an activating group) is 1. The molecule has 310 valence electrons. The summed E-state index contributed by atoms with van der Waals surface area (Å²) >= 11 is 0. The summed E-state index contributed by atoms with van der Waals surface area (Å²) in [5.41, 5.74) is 0. The summed E-state index contributed by atoms with van der Waals surface area (Å²) in [7, 11) is 1.41. The molecule has 1 N–H and O–H groups in total. The van der Waals surface area contributed by atoms with Gasteiger partial charge in [-0.3, -0.25) is 18.6 Å². The molecule has 0 rings (SSSR count). The monoisotopic (exact) mass is 779 g/mol. The van der Waals surface area contributed by atoms with Gasteiger partial charge in [-0.15, -0.1) is 0 Å². The molecule has 0 radical (unpaired) electrons. The van der Waals surface area contributed by atoms with E-state index >= 15 is 0 Å². The quantitative estimate of drug-likeness (QED) is 0.0167. The molecule has 0 aliphatic heterocycles. The Morgan fingerprint density at radius 3 is 1.67 bits per heavy atom. The Morgan fingerprint density at radius 1 is 0.593 bits per heavy atom. The molecule has 0 aromatic carbocycles. The molecular weight excluding hydrogens is 701 g/mol. The Balaban J connectivity index is 4.49. The molecule has 0 heterocycles. The maximum Gasteiger partial charge on any atom is 0.472 e. The molecule has 0 saturated carbocycles. The summed E-state index contributed by atoms with van der Waals surface area (Å²) < 4.78 is 34.1. The summed E-state index contributed by atoms with van der Waals surface area (Å²) in [6.07, 6.45) is 43.9. The van der Waals surface area contributed by atoms with Crippen LogP contribution in [0.5, 0.6) is 0 Å². The van der Waals surface area contributed by atoms with Crippen molar-refractivity contribution >= 4 is 19.8 Å². The van der Waals surface area contributed by atoms with Crippen LogP contribution in [0, 0.1) is 0 Å². The average Bonchev–Trinajstić information content (AvgIpc) is 3.12. The van der Waals surface area contributed by atoms with Crippen molar-refractivity contribution in [1.29, 1.82) is 0 Å². The summed E-state index contributed by atoms with van der Waals surface area (Å²) in [4.78, 5) is 35.2. The van der Waals surface area contributed by atoms with Gasteiger partial charge in [0.05, 0.1) is 27.7 Å². The third kappa shape index (κ3) is 39.2. The first-order valence-corrected chi connectivity index (χ1v) is 22.2. The van der Waals surface area contributed by atoms with Crippen LogP contribution < -0.4 is 0 Å². The molecule has 0 aliphatic rings. The molecule has 10 heteroatoms. The second-order valence-electron chi connectivity index (χ2n) is 14.8. The van der Waals surface area contributed by atoms with E-state index in [9.17, 15) is 19.0 Å². The fraction of sp³-hybridized carbons (Fsp3) is 0.682. The number of phosphoric acid groups is 1. The number of phosphoric ester groups is 1. The lowest BCUT2D eigenvalue weighted by molar-refractivity contribution is -0.870. The highest BCUT2D eigenvalue weighted by molar-refractivity contribution is 7.47. The number of rotatable bonds is 36. The number of carbonyl (C=O) groups excluding carboxylic acids is 2. The van der Waals surface area contributed by atoms with Crippen LogP contribution in [0.4, 0.5) is 0 Å². The zero-order chi connectivity index (χ0) is 40.0. The minimum atomic E-state index is -4.39. The number of hydrogen-bond acceptors (Lipinski definition) is 7. The molecule has 0 fully saturated rings. The number of nitrogens with zero attached hydrogens (tertiary/aromatic N) is 1. The Morgan fingerprint density at radius 2 is 1.09 bits per heavy atom. The molecule has 0 spiro atoms. The zero-order valence-electron chi connectivity index (χ0n) is 34.7. The van der Waals surface area contributed by atoms with Crippen LogP contribution in [-0.4, -0.2) is 74.9 Å². The van der Waals surface area contributed by atoms with E-state index in [2.05, 4.69) is 32.1 Å². The number of unbranched alkanes of at least 4 members (excludes halogenated alkanes) is 14. The number of allylic oxidation sites excluding steroid dienone is 12. The lowest BCUT2D eigenvalue weighted by Crippen LogP contribution is -2.37. The predicted octanol–water partition coefficient (Wildman–Crippen LogP) is 11.5. The summed E-state index contributed by atoms with van der Waals surface area (Å²) in [5.74, 6) is -0.897. The molecule has 54 heavy (non-hydrogen) atoms. The third-order valence-electron chi connectivity index (χ3n) is 8.35. The van der Waals surface area contributed by atoms with Gasteiger partial charge >= 0.3 is 19.8 Å². The van der Waals surface area contributed by atoms with Gasteiger partial charge in [-0.25, -0.2) is 4.57 Å². The lowest BCUT2D eigenvalue weighted by Gasteiger charge is -2.24. The second kappa shape index (κ2) is 36.1. The predicted molar refractivity (Wildman–Crippen MR) is 224 cm³/mol. The van der Waals surface area contributed by atoms with Crippen LogP contribution >= 0.6 is 7.82 Å². The maximum atomic E-state index is 12.6. The van der Waals surface area contributed by atoms with Crippen LogP contribution in [0.25, 0.3) is 0 Å². The second-order valence-corrected chi connectivity index (χ2v) is 16.2. The van der Waals surface area contributed by atoms with Crippen molar-refractivity contribution in [2.24, 2.45) is 0 Å². The third-order valence-corrected chi connectivity index (χ3v) is 9.33. The Bertz CT molecular complexity index is 1150. The Hall–Kier alpha value is -2.55. The average molecular weight is 779 g/mol. The van der Waals surface area contributed by atoms with Crippen LogP contribution in [0.3, 0.4) is 0 Å². The van der Waals surface area contributed by atoms with E-state index in [1.807, 2.05) is 75.8 Å². The van der Waals surface area contributed by atoms with E-state index in [1.165, 1.54) is 64.2 Å². The number of ether oxygens (including phenoxy) is 2. The van der Waals surface area contributed by atoms with Crippen LogP contribution in [-0.2, 0) is 32.7 Å². The number of esters is 2. The van der Waals surface area contributed by atoms with Gasteiger partial charge in [-0.05, 0) is 51.4 Å². The van der Waals surface area contributed by atoms with E-state index in [0.717, 1.165) is 38.5 Å². The minimum Gasteiger partial charge on any atom is -0.462 e. The number of carbonyl (C=O) groups is 2. The standard InChI is InChI=1S/C44H76NO8P/c1-6-8-10-12-14-16-18-20-21-22-23-25-26-28-30-32-34-36-43(46)50-40-42(41-52-54(48,49)51-39-38-45(3,4)5)53-44(47)37-35-33-31-29-27-24-19-17-15-13-11-9-7-2/h9,11,13,15,17,19-21,24,27,29,31,42H,6-8,10,12,14,16,18,22-23,25-26,28,30,32-41H2,1-5H3/p+1/b11-9+,15-13+,19-17+,21-20+,27-24+,31-29+. The van der Waals surface area contributed by atoms with Gasteiger partial charge in [0, 0.05) is 12.8 Å². The van der Waals surface area contributed by atoms with Crippen molar-refractivity contribution in [2.75, 3.05) is 47.5 Å². The SMILES string of the molecule is CC/C=C/C=C/C=C/C=C/C=C/CCCC(=O)OC(COC(=O)CCCCCCCCC/C=C/CCCCCCCC)COP(=O)(O)OCC[N+](C)(C)C. The fourth-order valence-electron chi connectivity index (χ4n) is 5.10.